The Balaban J connectivity index is 4.28. The molecular weight excluding hydrogens is 765 g/mol. The van der Waals surface area contributed by atoms with Gasteiger partial charge in [-0.05, 0) is 83.5 Å². The van der Waals surface area contributed by atoms with Crippen molar-refractivity contribution in [3.8, 4) is 0 Å². The Bertz CT molecular complexity index is 1350. The number of nitrogens with two attached hydrogens (primary N) is 1. The van der Waals surface area contributed by atoms with Gasteiger partial charge in [-0.3, -0.25) is 18.6 Å². The maximum atomic E-state index is 12.6. The molecule has 0 fully saturated rings. The fourth-order valence-corrected chi connectivity index (χ4v) is 6.01. The number of phosphoric acid groups is 1. The molecule has 0 aromatic rings. The Labute approximate surface area is 357 Å². The molecule has 0 amide bonds. The van der Waals surface area contributed by atoms with Gasteiger partial charge in [-0.15, -0.1) is 0 Å². The van der Waals surface area contributed by atoms with Gasteiger partial charge in [-0.25, -0.2) is 4.57 Å². The van der Waals surface area contributed by atoms with Crippen LogP contribution in [0.2, 0.25) is 0 Å². The molecule has 10 nitrogen and oxygen atoms in total. The van der Waals surface area contributed by atoms with E-state index in [0.717, 1.165) is 83.5 Å². The van der Waals surface area contributed by atoms with E-state index in [9.17, 15) is 19.0 Å². The first-order valence-electron chi connectivity index (χ1n) is 21.9. The summed E-state index contributed by atoms with van der Waals surface area (Å²) in [5.41, 5.74) is 5.35. The topological polar surface area (TPSA) is 155 Å². The largest absolute Gasteiger partial charge is 0.480 e. The molecule has 0 heterocycles. The summed E-state index contributed by atoms with van der Waals surface area (Å²) in [5.74, 6) is -1.88. The Morgan fingerprint density at radius 2 is 0.932 bits per heavy atom. The number of carboxylic acids is 1. The Morgan fingerprint density at radius 1 is 0.542 bits per heavy atom. The van der Waals surface area contributed by atoms with Crippen molar-refractivity contribution in [3.05, 3.63) is 109 Å². The van der Waals surface area contributed by atoms with E-state index in [-0.39, 0.29) is 13.0 Å². The maximum Gasteiger partial charge on any atom is 0.472 e. The number of phosphoric ester groups is 1. The van der Waals surface area contributed by atoms with Gasteiger partial charge >= 0.3 is 19.8 Å². The number of esters is 1. The Kier molecular flexibility index (Phi) is 40.3. The number of rotatable bonds is 40. The zero-order chi connectivity index (χ0) is 43.3. The van der Waals surface area contributed by atoms with Gasteiger partial charge in [-0.1, -0.05) is 162 Å². The van der Waals surface area contributed by atoms with Crippen LogP contribution in [-0.4, -0.2) is 60.5 Å². The number of hydrogen-bond acceptors (Lipinski definition) is 8. The molecule has 0 spiro atoms. The third kappa shape index (κ3) is 42.6. The molecule has 0 aromatic carbocycles. The smallest absolute Gasteiger partial charge is 0.472 e. The Morgan fingerprint density at radius 3 is 1.39 bits per heavy atom. The fourth-order valence-electron chi connectivity index (χ4n) is 5.23. The van der Waals surface area contributed by atoms with Crippen LogP contribution in [0.1, 0.15) is 142 Å². The molecule has 3 atom stereocenters. The van der Waals surface area contributed by atoms with Crippen LogP contribution in [0.5, 0.6) is 0 Å². The minimum atomic E-state index is -4.64. The van der Waals surface area contributed by atoms with Gasteiger partial charge in [-0.2, -0.15) is 0 Å². The van der Waals surface area contributed by atoms with Crippen molar-refractivity contribution >= 4 is 19.8 Å². The van der Waals surface area contributed by atoms with E-state index < -0.39 is 45.1 Å². The summed E-state index contributed by atoms with van der Waals surface area (Å²) in [6.07, 6.45) is 57.4. The summed E-state index contributed by atoms with van der Waals surface area (Å²) in [5, 5.41) is 8.89. The molecule has 0 aliphatic heterocycles. The molecule has 11 heteroatoms. The molecule has 0 radical (unpaired) electrons. The standard InChI is InChI=1S/C48H78NO9P/c1-3-5-7-9-11-13-15-17-18-19-20-21-22-23-24-25-26-27-29-31-33-35-37-39-41-55-42-45(43-56-59(53,54)57-44-46(49)48(51)52)58-47(50)40-38-36-34-32-30-28-16-14-12-10-8-6-4-2/h5-8,11-14,17-18,20-21,23-24,28,30,34,36,45-46H,3-4,9-10,15-16,19,22,25-27,29,31-33,35,37-44,49H2,1-2H3,(H,51,52)(H,53,54)/b7-5-,8-6-,13-11-,14-12-,18-17-,21-20-,24-23-,30-28-,36-34-. The first kappa shape index (κ1) is 55.6. The van der Waals surface area contributed by atoms with Gasteiger partial charge in [0.05, 0.1) is 19.8 Å². The highest BCUT2D eigenvalue weighted by atomic mass is 31.2. The molecule has 0 saturated carbocycles. The summed E-state index contributed by atoms with van der Waals surface area (Å²) < 4.78 is 33.2. The molecule has 0 aliphatic rings. The van der Waals surface area contributed by atoms with Gasteiger partial charge < -0.3 is 25.2 Å². The van der Waals surface area contributed by atoms with Gasteiger partial charge in [0.15, 0.2) is 0 Å². The van der Waals surface area contributed by atoms with Crippen molar-refractivity contribution in [2.75, 3.05) is 26.4 Å². The van der Waals surface area contributed by atoms with Crippen LogP contribution in [0.25, 0.3) is 0 Å². The van der Waals surface area contributed by atoms with Crippen LogP contribution in [0.3, 0.4) is 0 Å². The number of aliphatic carboxylic acids is 1. The number of carboxylic acid groups (broad SMARTS) is 1. The minimum absolute atomic E-state index is 0.0256. The van der Waals surface area contributed by atoms with Crippen LogP contribution >= 0.6 is 7.82 Å². The summed E-state index contributed by atoms with van der Waals surface area (Å²) in [4.78, 5) is 33.5. The highest BCUT2D eigenvalue weighted by Gasteiger charge is 2.27. The molecule has 334 valence electrons. The second-order valence-corrected chi connectivity index (χ2v) is 15.5. The molecule has 0 saturated heterocycles. The van der Waals surface area contributed by atoms with Crippen LogP contribution < -0.4 is 5.73 Å². The van der Waals surface area contributed by atoms with Crippen LogP contribution in [-0.2, 0) is 32.7 Å². The minimum Gasteiger partial charge on any atom is -0.480 e. The summed E-state index contributed by atoms with van der Waals surface area (Å²) in [7, 11) is -4.64. The second-order valence-electron chi connectivity index (χ2n) is 14.1. The average molecular weight is 844 g/mol. The maximum absolute atomic E-state index is 12.6. The van der Waals surface area contributed by atoms with Gasteiger partial charge in [0.2, 0.25) is 0 Å². The number of hydrogen-bond donors (Lipinski definition) is 3. The second kappa shape index (κ2) is 42.7. The number of ether oxygens (including phenoxy) is 2. The normalized spacial score (nSPS) is 14.9. The third-order valence-corrected chi connectivity index (χ3v) is 9.51. The Hall–Kier alpha value is -3.37. The predicted octanol–water partition coefficient (Wildman–Crippen LogP) is 12.3. The van der Waals surface area contributed by atoms with Crippen molar-refractivity contribution in [1.29, 1.82) is 0 Å². The van der Waals surface area contributed by atoms with E-state index in [1.54, 1.807) is 0 Å². The number of allylic oxidation sites excluding steroid dienone is 18. The average Bonchev–Trinajstić information content (AvgIpc) is 3.21. The lowest BCUT2D eigenvalue weighted by molar-refractivity contribution is -0.154. The van der Waals surface area contributed by atoms with Crippen LogP contribution in [0.4, 0.5) is 0 Å². The quantitative estimate of drug-likeness (QED) is 0.0235. The zero-order valence-corrected chi connectivity index (χ0v) is 37.2. The van der Waals surface area contributed by atoms with E-state index in [0.29, 0.717) is 13.0 Å². The monoisotopic (exact) mass is 844 g/mol. The summed E-state index contributed by atoms with van der Waals surface area (Å²) >= 11 is 0. The molecule has 3 unspecified atom stereocenters. The van der Waals surface area contributed by atoms with Gasteiger partial charge in [0.1, 0.15) is 12.1 Å². The number of carbonyl (C=O) groups excluding carboxylic acids is 1. The van der Waals surface area contributed by atoms with E-state index in [1.165, 1.54) is 32.1 Å². The van der Waals surface area contributed by atoms with E-state index in [1.807, 2.05) is 12.2 Å². The van der Waals surface area contributed by atoms with Crippen molar-refractivity contribution in [1.82, 2.24) is 0 Å². The van der Waals surface area contributed by atoms with Crippen LogP contribution in [0, 0.1) is 0 Å². The van der Waals surface area contributed by atoms with E-state index >= 15 is 0 Å². The summed E-state index contributed by atoms with van der Waals surface area (Å²) in [6.45, 7) is 3.50. The fraction of sp³-hybridized carbons (Fsp3) is 0.583. The molecular formula is C48H78NO9P. The molecule has 0 aromatic heterocycles. The van der Waals surface area contributed by atoms with Crippen molar-refractivity contribution in [2.45, 2.75) is 154 Å². The summed E-state index contributed by atoms with van der Waals surface area (Å²) in [6, 6.07) is -1.49. The number of unbranched alkanes of at least 4 members (excludes halogenated alkanes) is 8. The zero-order valence-electron chi connectivity index (χ0n) is 36.3. The predicted molar refractivity (Wildman–Crippen MR) is 244 cm³/mol. The third-order valence-electron chi connectivity index (χ3n) is 8.56. The van der Waals surface area contributed by atoms with Crippen molar-refractivity contribution in [2.24, 2.45) is 5.73 Å². The molecule has 0 bridgehead atoms. The lowest BCUT2D eigenvalue weighted by Crippen LogP contribution is -2.34. The molecule has 0 rings (SSSR count). The van der Waals surface area contributed by atoms with Gasteiger partial charge in [0.25, 0.3) is 0 Å². The highest BCUT2D eigenvalue weighted by Crippen LogP contribution is 2.43. The lowest BCUT2D eigenvalue weighted by atomic mass is 10.1. The SMILES string of the molecule is CC/C=C\C/C=C\C/C=C\C/C=C\C/C=C\CCCCCCCCCCOCC(COP(=O)(O)OCC(N)C(=O)O)OC(=O)CC/C=C\C/C=C\C/C=C\C/C=C\CC. The van der Waals surface area contributed by atoms with Gasteiger partial charge in [0, 0.05) is 13.0 Å². The molecule has 0 aliphatic carbocycles. The lowest BCUT2D eigenvalue weighted by Gasteiger charge is -2.20. The first-order valence-corrected chi connectivity index (χ1v) is 23.4. The molecule has 59 heavy (non-hydrogen) atoms. The van der Waals surface area contributed by atoms with E-state index in [4.69, 9.17) is 29.4 Å². The highest BCUT2D eigenvalue weighted by molar-refractivity contribution is 7.47. The van der Waals surface area contributed by atoms with Crippen LogP contribution in [0.15, 0.2) is 109 Å². The number of carbonyl (C=O) groups is 2. The van der Waals surface area contributed by atoms with Crippen molar-refractivity contribution < 1.29 is 42.7 Å². The first-order chi connectivity index (χ1) is 28.7. The molecule has 4 N–H and O–H groups in total. The van der Waals surface area contributed by atoms with Crippen molar-refractivity contribution in [3.63, 3.8) is 0 Å². The van der Waals surface area contributed by atoms with E-state index in [2.05, 4.69) is 111 Å².